The third-order valence-corrected chi connectivity index (χ3v) is 8.28. The van der Waals surface area contributed by atoms with Crippen LogP contribution in [0.3, 0.4) is 0 Å². The SMILES string of the molecule is CCC(c1ccccc1)N(Cc1ccc(S(C)(=O)=O)cc1)S(=O)(=O)c1ccc(Cl)cc1. The summed E-state index contributed by atoms with van der Waals surface area (Å²) in [7, 11) is -7.19. The zero-order valence-corrected chi connectivity index (χ0v) is 19.7. The van der Waals surface area contributed by atoms with Gasteiger partial charge in [0.15, 0.2) is 9.84 Å². The van der Waals surface area contributed by atoms with Crippen molar-refractivity contribution in [2.75, 3.05) is 6.26 Å². The highest BCUT2D eigenvalue weighted by Gasteiger charge is 2.31. The van der Waals surface area contributed by atoms with Gasteiger partial charge in [0.2, 0.25) is 10.0 Å². The van der Waals surface area contributed by atoms with Crippen LogP contribution >= 0.6 is 11.6 Å². The molecule has 0 saturated carbocycles. The summed E-state index contributed by atoms with van der Waals surface area (Å²) in [6.45, 7) is 2.04. The Bertz CT molecular complexity index is 1220. The van der Waals surface area contributed by atoms with Crippen LogP contribution in [0.5, 0.6) is 0 Å². The van der Waals surface area contributed by atoms with Crippen LogP contribution in [0.25, 0.3) is 0 Å². The minimum atomic E-state index is -3.86. The Morgan fingerprint density at radius 1 is 0.806 bits per heavy atom. The summed E-state index contributed by atoms with van der Waals surface area (Å²) in [4.78, 5) is 0.345. The lowest BCUT2D eigenvalue weighted by Crippen LogP contribution is -2.34. The van der Waals surface area contributed by atoms with E-state index in [0.717, 1.165) is 11.8 Å². The number of halogens is 1. The molecule has 0 N–H and O–H groups in total. The number of nitrogens with zero attached hydrogens (tertiary/aromatic N) is 1. The maximum Gasteiger partial charge on any atom is 0.243 e. The molecule has 0 aromatic heterocycles. The van der Waals surface area contributed by atoms with Crippen molar-refractivity contribution in [3.05, 3.63) is 95.0 Å². The second kappa shape index (κ2) is 9.53. The highest BCUT2D eigenvalue weighted by Crippen LogP contribution is 2.32. The highest BCUT2D eigenvalue weighted by molar-refractivity contribution is 7.90. The van der Waals surface area contributed by atoms with Crippen LogP contribution in [0, 0.1) is 0 Å². The summed E-state index contributed by atoms with van der Waals surface area (Å²) in [5, 5.41) is 0.456. The number of rotatable bonds is 8. The molecule has 0 aliphatic carbocycles. The predicted octanol–water partition coefficient (Wildman–Crippen LogP) is 5.09. The zero-order valence-electron chi connectivity index (χ0n) is 17.3. The van der Waals surface area contributed by atoms with Crippen molar-refractivity contribution in [3.8, 4) is 0 Å². The standard InChI is InChI=1S/C23H24ClNO4S2/c1-3-23(19-7-5-4-6-8-19)25(31(28,29)22-15-11-20(24)12-16-22)17-18-9-13-21(14-10-18)30(2,26)27/h4-16,23H,3,17H2,1-2H3. The first-order valence-electron chi connectivity index (χ1n) is 9.74. The van der Waals surface area contributed by atoms with Gasteiger partial charge in [-0.1, -0.05) is 61.0 Å². The van der Waals surface area contributed by atoms with Gasteiger partial charge in [0.05, 0.1) is 15.8 Å². The van der Waals surface area contributed by atoms with Gasteiger partial charge in [-0.15, -0.1) is 0 Å². The van der Waals surface area contributed by atoms with Gasteiger partial charge in [0.1, 0.15) is 0 Å². The van der Waals surface area contributed by atoms with Gasteiger partial charge in [0.25, 0.3) is 0 Å². The maximum atomic E-state index is 13.6. The average molecular weight is 478 g/mol. The van der Waals surface area contributed by atoms with Crippen LogP contribution in [0.2, 0.25) is 5.02 Å². The molecule has 1 unspecified atom stereocenters. The lowest BCUT2D eigenvalue weighted by Gasteiger charge is -2.31. The second-order valence-electron chi connectivity index (χ2n) is 7.26. The van der Waals surface area contributed by atoms with Crippen LogP contribution in [-0.2, 0) is 26.4 Å². The van der Waals surface area contributed by atoms with Crippen molar-refractivity contribution in [1.82, 2.24) is 4.31 Å². The molecule has 0 spiro atoms. The van der Waals surface area contributed by atoms with Gasteiger partial charge in [-0.25, -0.2) is 16.8 Å². The molecule has 0 heterocycles. The van der Waals surface area contributed by atoms with Crippen molar-refractivity contribution >= 4 is 31.5 Å². The fraction of sp³-hybridized carbons (Fsp3) is 0.217. The Hall–Kier alpha value is -2.19. The molecule has 3 aromatic carbocycles. The van der Waals surface area contributed by atoms with Crippen molar-refractivity contribution < 1.29 is 16.8 Å². The van der Waals surface area contributed by atoms with E-state index in [4.69, 9.17) is 11.6 Å². The molecule has 0 aliphatic heterocycles. The summed E-state index contributed by atoms with van der Waals surface area (Å²) in [5.74, 6) is 0. The topological polar surface area (TPSA) is 71.5 Å². The molecule has 164 valence electrons. The Balaban J connectivity index is 2.06. The largest absolute Gasteiger partial charge is 0.243 e. The molecule has 5 nitrogen and oxygen atoms in total. The van der Waals surface area contributed by atoms with Crippen LogP contribution in [0.4, 0.5) is 0 Å². The fourth-order valence-corrected chi connectivity index (χ4v) is 5.84. The van der Waals surface area contributed by atoms with Crippen molar-refractivity contribution in [1.29, 1.82) is 0 Å². The summed E-state index contributed by atoms with van der Waals surface area (Å²) < 4.78 is 52.3. The van der Waals surface area contributed by atoms with Gasteiger partial charge in [0, 0.05) is 17.8 Å². The molecule has 3 rings (SSSR count). The molecule has 0 radical (unpaired) electrons. The monoisotopic (exact) mass is 477 g/mol. The molecule has 0 bridgehead atoms. The first kappa shape index (κ1) is 23.5. The highest BCUT2D eigenvalue weighted by atomic mass is 35.5. The Morgan fingerprint density at radius 3 is 1.87 bits per heavy atom. The number of sulfonamides is 1. The fourth-order valence-electron chi connectivity index (χ4n) is 3.41. The van der Waals surface area contributed by atoms with Gasteiger partial charge < -0.3 is 0 Å². The molecule has 8 heteroatoms. The normalized spacial score (nSPS) is 13.3. The summed E-state index contributed by atoms with van der Waals surface area (Å²) >= 11 is 5.95. The maximum absolute atomic E-state index is 13.6. The average Bonchev–Trinajstić information content (AvgIpc) is 2.74. The lowest BCUT2D eigenvalue weighted by atomic mass is 10.0. The summed E-state index contributed by atoms with van der Waals surface area (Å²) in [5.41, 5.74) is 1.58. The molecule has 0 aliphatic rings. The molecule has 0 amide bonds. The first-order valence-corrected chi connectivity index (χ1v) is 13.4. The van der Waals surface area contributed by atoms with E-state index in [1.165, 1.54) is 28.6 Å². The third-order valence-electron chi connectivity index (χ3n) is 5.03. The van der Waals surface area contributed by atoms with E-state index in [1.807, 2.05) is 37.3 Å². The van der Waals surface area contributed by atoms with Crippen LogP contribution in [0.15, 0.2) is 88.7 Å². The van der Waals surface area contributed by atoms with E-state index < -0.39 is 25.9 Å². The third kappa shape index (κ3) is 5.54. The van der Waals surface area contributed by atoms with Crippen LogP contribution in [0.1, 0.15) is 30.5 Å². The Kier molecular flexibility index (Phi) is 7.21. The van der Waals surface area contributed by atoms with E-state index in [9.17, 15) is 16.8 Å². The number of sulfone groups is 1. The number of benzene rings is 3. The first-order chi connectivity index (χ1) is 14.6. The molecule has 31 heavy (non-hydrogen) atoms. The van der Waals surface area contributed by atoms with Crippen molar-refractivity contribution in [2.45, 2.75) is 35.7 Å². The quantitative estimate of drug-likeness (QED) is 0.453. The van der Waals surface area contributed by atoms with Crippen LogP contribution in [-0.4, -0.2) is 27.4 Å². The predicted molar refractivity (Wildman–Crippen MR) is 123 cm³/mol. The van der Waals surface area contributed by atoms with E-state index >= 15 is 0 Å². The smallest absolute Gasteiger partial charge is 0.224 e. The Morgan fingerprint density at radius 2 is 1.35 bits per heavy atom. The molecule has 0 saturated heterocycles. The van der Waals surface area contributed by atoms with Crippen molar-refractivity contribution in [3.63, 3.8) is 0 Å². The van der Waals surface area contributed by atoms with E-state index in [-0.39, 0.29) is 16.3 Å². The molecule has 0 fully saturated rings. The van der Waals surface area contributed by atoms with E-state index in [2.05, 4.69) is 0 Å². The van der Waals surface area contributed by atoms with Gasteiger partial charge in [-0.3, -0.25) is 0 Å². The summed E-state index contributed by atoms with van der Waals surface area (Å²) in [6.07, 6.45) is 1.71. The second-order valence-corrected chi connectivity index (χ2v) is 11.6. The minimum Gasteiger partial charge on any atom is -0.224 e. The van der Waals surface area contributed by atoms with Gasteiger partial charge in [-0.05, 0) is 53.9 Å². The van der Waals surface area contributed by atoms with Gasteiger partial charge in [-0.2, -0.15) is 4.31 Å². The van der Waals surface area contributed by atoms with E-state index in [1.54, 1.807) is 24.3 Å². The van der Waals surface area contributed by atoms with Crippen molar-refractivity contribution in [2.24, 2.45) is 0 Å². The van der Waals surface area contributed by atoms with Gasteiger partial charge >= 0.3 is 0 Å². The number of hydrogen-bond donors (Lipinski definition) is 0. The molecular formula is C23H24ClNO4S2. The lowest BCUT2D eigenvalue weighted by molar-refractivity contribution is 0.310. The zero-order chi connectivity index (χ0) is 22.6. The van der Waals surface area contributed by atoms with Crippen LogP contribution < -0.4 is 0 Å². The summed E-state index contributed by atoms with van der Waals surface area (Å²) in [6, 6.07) is 21.5. The number of hydrogen-bond acceptors (Lipinski definition) is 4. The molecule has 1 atom stereocenters. The van der Waals surface area contributed by atoms with E-state index in [0.29, 0.717) is 17.0 Å². The molecular weight excluding hydrogens is 454 g/mol. The Labute approximate surface area is 189 Å². The minimum absolute atomic E-state index is 0.0996. The molecule has 3 aromatic rings.